The van der Waals surface area contributed by atoms with Gasteiger partial charge < -0.3 is 0 Å². The van der Waals surface area contributed by atoms with Crippen molar-refractivity contribution in [2.75, 3.05) is 0 Å². The molecule has 3 rings (SSSR count). The molecule has 5 heteroatoms. The molecule has 0 aliphatic rings. The molecule has 2 radical (unpaired) electrons. The van der Waals surface area contributed by atoms with E-state index in [1.807, 2.05) is 12.1 Å². The standard InChI is InChI=1S/C16H17BGeO3/c1-16(2,3)18-10-7-8-11-12-5-4-6-13(17(19)20)15(12)21-14(11)9-10/h4-9,19-20H,1-3H3. The zero-order chi connectivity index (χ0) is 15.2. The van der Waals surface area contributed by atoms with Gasteiger partial charge in [0.05, 0.1) is 0 Å². The number of rotatable bonds is 2. The van der Waals surface area contributed by atoms with Crippen molar-refractivity contribution in [3.8, 4) is 0 Å². The van der Waals surface area contributed by atoms with Crippen LogP contribution in [0.4, 0.5) is 0 Å². The fourth-order valence-corrected chi connectivity index (χ4v) is 5.13. The second-order valence-corrected chi connectivity index (χ2v) is 11.2. The summed E-state index contributed by atoms with van der Waals surface area (Å²) in [5.41, 5.74) is 1.80. The Labute approximate surface area is 130 Å². The van der Waals surface area contributed by atoms with Gasteiger partial charge in [0.1, 0.15) is 0 Å². The molecule has 2 aromatic carbocycles. The number of benzene rings is 2. The molecule has 3 aromatic rings. The molecule has 0 amide bonds. The molecule has 0 aliphatic carbocycles. The van der Waals surface area contributed by atoms with E-state index in [1.165, 1.54) is 4.40 Å². The van der Waals surface area contributed by atoms with Crippen LogP contribution in [-0.2, 0) is 0 Å². The van der Waals surface area contributed by atoms with Gasteiger partial charge in [-0.05, 0) is 0 Å². The first-order valence-electron chi connectivity index (χ1n) is 6.95. The van der Waals surface area contributed by atoms with Crippen molar-refractivity contribution in [2.45, 2.75) is 25.0 Å². The molecule has 1 aromatic heterocycles. The van der Waals surface area contributed by atoms with Gasteiger partial charge in [-0.3, -0.25) is 0 Å². The quantitative estimate of drug-likeness (QED) is 0.700. The van der Waals surface area contributed by atoms with Gasteiger partial charge in [0.25, 0.3) is 0 Å². The zero-order valence-electron chi connectivity index (χ0n) is 12.3. The van der Waals surface area contributed by atoms with Gasteiger partial charge in [0.2, 0.25) is 0 Å². The van der Waals surface area contributed by atoms with Crippen LogP contribution in [0.5, 0.6) is 0 Å². The molecule has 0 unspecified atom stereocenters. The van der Waals surface area contributed by atoms with Crippen LogP contribution in [0, 0.1) is 0 Å². The third kappa shape index (κ3) is 2.88. The molecule has 0 saturated heterocycles. The summed E-state index contributed by atoms with van der Waals surface area (Å²) in [4.78, 5) is 0. The summed E-state index contributed by atoms with van der Waals surface area (Å²) < 4.78 is 7.59. The molecule has 0 saturated carbocycles. The minimum absolute atomic E-state index is 0.247. The predicted molar refractivity (Wildman–Crippen MR) is 88.6 cm³/mol. The van der Waals surface area contributed by atoms with Crippen molar-refractivity contribution in [3.05, 3.63) is 36.4 Å². The molecular formula is C16H17BGeO3. The summed E-state index contributed by atoms with van der Waals surface area (Å²) in [6.07, 6.45) is 0. The van der Waals surface area contributed by atoms with E-state index in [1.54, 1.807) is 6.07 Å². The van der Waals surface area contributed by atoms with Gasteiger partial charge in [-0.2, -0.15) is 0 Å². The Morgan fingerprint density at radius 2 is 1.81 bits per heavy atom. The Morgan fingerprint density at radius 3 is 2.48 bits per heavy atom. The molecule has 0 bridgehead atoms. The maximum atomic E-state index is 9.46. The van der Waals surface area contributed by atoms with Gasteiger partial charge in [0.15, 0.2) is 0 Å². The zero-order valence-corrected chi connectivity index (χ0v) is 14.4. The van der Waals surface area contributed by atoms with Crippen LogP contribution in [0.2, 0.25) is 4.25 Å². The summed E-state index contributed by atoms with van der Waals surface area (Å²) in [6.45, 7) is 6.78. The molecule has 0 atom stereocenters. The third-order valence-corrected chi connectivity index (χ3v) is 6.16. The van der Waals surface area contributed by atoms with Crippen molar-refractivity contribution in [2.24, 2.45) is 0 Å². The summed E-state index contributed by atoms with van der Waals surface area (Å²) in [6, 6.07) is 11.8. The Hall–Kier alpha value is -1.23. The number of fused-ring (bicyclic) bond motifs is 3. The molecule has 21 heavy (non-hydrogen) atoms. The summed E-state index contributed by atoms with van der Waals surface area (Å²) >= 11 is -0.247. The normalized spacial score (nSPS) is 12.2. The van der Waals surface area contributed by atoms with E-state index in [-0.39, 0.29) is 15.4 Å². The van der Waals surface area contributed by atoms with E-state index < -0.39 is 7.12 Å². The minimum atomic E-state index is -1.52. The second-order valence-electron chi connectivity index (χ2n) is 6.29. The van der Waals surface area contributed by atoms with Crippen LogP contribution >= 0.6 is 0 Å². The predicted octanol–water partition coefficient (Wildman–Crippen LogP) is 1.81. The van der Waals surface area contributed by atoms with E-state index in [2.05, 4.69) is 39.0 Å². The molecule has 0 aliphatic heterocycles. The van der Waals surface area contributed by atoms with Crippen molar-refractivity contribution >= 4 is 54.3 Å². The van der Waals surface area contributed by atoms with Crippen LogP contribution in [-0.4, -0.2) is 32.6 Å². The Kier molecular flexibility index (Phi) is 3.64. The molecule has 1 heterocycles. The topological polar surface area (TPSA) is 53.6 Å². The molecule has 0 spiro atoms. The van der Waals surface area contributed by atoms with Gasteiger partial charge in [-0.25, -0.2) is 0 Å². The summed E-state index contributed by atoms with van der Waals surface area (Å²) in [7, 11) is -1.52. The van der Waals surface area contributed by atoms with Gasteiger partial charge >= 0.3 is 130 Å². The van der Waals surface area contributed by atoms with E-state index in [4.69, 9.17) is 4.42 Å². The first-order chi connectivity index (χ1) is 9.85. The summed E-state index contributed by atoms with van der Waals surface area (Å²) in [5, 5.41) is 20.9. The Morgan fingerprint density at radius 1 is 1.05 bits per heavy atom. The second kappa shape index (κ2) is 5.20. The fraction of sp³-hybridized carbons (Fsp3) is 0.250. The molecular weight excluding hydrogens is 324 g/mol. The molecule has 0 fully saturated rings. The van der Waals surface area contributed by atoms with Crippen molar-refractivity contribution in [1.29, 1.82) is 0 Å². The van der Waals surface area contributed by atoms with E-state index in [0.29, 0.717) is 15.3 Å². The third-order valence-electron chi connectivity index (χ3n) is 3.33. The monoisotopic (exact) mass is 342 g/mol. The van der Waals surface area contributed by atoms with Gasteiger partial charge in [-0.15, -0.1) is 0 Å². The maximum absolute atomic E-state index is 9.46. The molecule has 2 N–H and O–H groups in total. The van der Waals surface area contributed by atoms with Crippen LogP contribution in [0.3, 0.4) is 0 Å². The number of para-hydroxylation sites is 1. The van der Waals surface area contributed by atoms with Crippen molar-refractivity contribution in [1.82, 2.24) is 0 Å². The van der Waals surface area contributed by atoms with Crippen LogP contribution < -0.4 is 9.86 Å². The van der Waals surface area contributed by atoms with E-state index >= 15 is 0 Å². The van der Waals surface area contributed by atoms with Crippen molar-refractivity contribution < 1.29 is 14.5 Å². The van der Waals surface area contributed by atoms with E-state index in [0.717, 1.165) is 16.4 Å². The van der Waals surface area contributed by atoms with Crippen LogP contribution in [0.25, 0.3) is 21.9 Å². The summed E-state index contributed by atoms with van der Waals surface area (Å²) in [5.74, 6) is 0. The average molecular weight is 341 g/mol. The average Bonchev–Trinajstić information content (AvgIpc) is 2.73. The fourth-order valence-electron chi connectivity index (χ4n) is 2.53. The SMILES string of the molecule is C[C](C)(C)[Ge][c]1ccc2c(c1)oc1c(B(O)O)cccc12. The number of furan rings is 1. The molecule has 3 nitrogen and oxygen atoms in total. The first kappa shape index (κ1) is 14.7. The molecule has 106 valence electrons. The van der Waals surface area contributed by atoms with Crippen LogP contribution in [0.15, 0.2) is 40.8 Å². The van der Waals surface area contributed by atoms with Crippen LogP contribution in [0.1, 0.15) is 20.8 Å². The number of hydrogen-bond donors (Lipinski definition) is 2. The van der Waals surface area contributed by atoms with Crippen molar-refractivity contribution in [3.63, 3.8) is 0 Å². The Balaban J connectivity index is 2.19. The Bertz CT molecular complexity index is 802. The van der Waals surface area contributed by atoms with Gasteiger partial charge in [0, 0.05) is 0 Å². The number of hydrogen-bond acceptors (Lipinski definition) is 3. The van der Waals surface area contributed by atoms with Gasteiger partial charge in [-0.1, -0.05) is 0 Å². The first-order valence-corrected chi connectivity index (χ1v) is 9.04. The van der Waals surface area contributed by atoms with E-state index in [9.17, 15) is 10.0 Å².